The third-order valence-corrected chi connectivity index (χ3v) is 4.51. The summed E-state index contributed by atoms with van der Waals surface area (Å²) in [4.78, 5) is 4.40. The van der Waals surface area contributed by atoms with Crippen LogP contribution in [0, 0.1) is 0 Å². The number of hydrogen-bond donors (Lipinski definition) is 1. The topological polar surface area (TPSA) is 64.9 Å². The van der Waals surface area contributed by atoms with Crippen LogP contribution in [0.1, 0.15) is 32.5 Å². The maximum Gasteiger partial charge on any atom is 0.258 e. The quantitative estimate of drug-likeness (QED) is 0.906. The molecule has 0 saturated carbocycles. The molecule has 19 heavy (non-hydrogen) atoms. The molecule has 0 unspecified atom stereocenters. The molecule has 0 radical (unpaired) electrons. The van der Waals surface area contributed by atoms with Crippen LogP contribution in [0.25, 0.3) is 11.5 Å². The fourth-order valence-corrected chi connectivity index (χ4v) is 2.23. The average molecular weight is 345 g/mol. The summed E-state index contributed by atoms with van der Waals surface area (Å²) in [7, 11) is 0. The van der Waals surface area contributed by atoms with Gasteiger partial charge in [0.2, 0.25) is 0 Å². The van der Waals surface area contributed by atoms with Gasteiger partial charge in [0.1, 0.15) is 0 Å². The molecule has 2 N–H and O–H groups in total. The van der Waals surface area contributed by atoms with E-state index in [4.69, 9.17) is 21.9 Å². The zero-order chi connectivity index (χ0) is 14.0. The van der Waals surface area contributed by atoms with Crippen LogP contribution in [-0.2, 0) is 5.54 Å². The molecule has 2 aromatic rings. The predicted molar refractivity (Wildman–Crippen MR) is 78.9 cm³/mol. The first kappa shape index (κ1) is 14.5. The lowest BCUT2D eigenvalue weighted by Crippen LogP contribution is -2.36. The Morgan fingerprint density at radius 3 is 2.63 bits per heavy atom. The van der Waals surface area contributed by atoms with Crippen LogP contribution in [0.15, 0.2) is 27.2 Å². The van der Waals surface area contributed by atoms with Crippen molar-refractivity contribution in [1.29, 1.82) is 0 Å². The zero-order valence-corrected chi connectivity index (χ0v) is 13.1. The van der Waals surface area contributed by atoms with Crippen LogP contribution in [0.3, 0.4) is 0 Å². The van der Waals surface area contributed by atoms with Crippen molar-refractivity contribution in [2.45, 2.75) is 32.2 Å². The first-order valence-corrected chi connectivity index (χ1v) is 7.25. The molecule has 1 aromatic carbocycles. The van der Waals surface area contributed by atoms with Crippen LogP contribution in [0.5, 0.6) is 0 Å². The molecule has 2 rings (SSSR count). The van der Waals surface area contributed by atoms with E-state index in [0.29, 0.717) is 16.7 Å². The van der Waals surface area contributed by atoms with Gasteiger partial charge in [0.25, 0.3) is 5.89 Å². The molecule has 1 aromatic heterocycles. The Morgan fingerprint density at radius 1 is 1.37 bits per heavy atom. The van der Waals surface area contributed by atoms with Crippen LogP contribution in [-0.4, -0.2) is 10.1 Å². The summed E-state index contributed by atoms with van der Waals surface area (Å²) >= 11 is 9.33. The molecular weight excluding hydrogens is 330 g/mol. The van der Waals surface area contributed by atoms with E-state index in [2.05, 4.69) is 26.1 Å². The van der Waals surface area contributed by atoms with Crippen LogP contribution >= 0.6 is 27.5 Å². The maximum atomic E-state index is 6.25. The Morgan fingerprint density at radius 2 is 2.05 bits per heavy atom. The van der Waals surface area contributed by atoms with Gasteiger partial charge in [-0.1, -0.05) is 30.6 Å². The van der Waals surface area contributed by atoms with Crippen molar-refractivity contribution < 1.29 is 4.52 Å². The third kappa shape index (κ3) is 2.83. The van der Waals surface area contributed by atoms with E-state index in [0.717, 1.165) is 22.9 Å². The fraction of sp³-hybridized carbons (Fsp3) is 0.385. The van der Waals surface area contributed by atoms with Gasteiger partial charge in [-0.3, -0.25) is 0 Å². The van der Waals surface area contributed by atoms with E-state index in [1.165, 1.54) is 0 Å². The number of benzene rings is 1. The van der Waals surface area contributed by atoms with E-state index < -0.39 is 5.54 Å². The molecular formula is C13H15BrClN3O. The van der Waals surface area contributed by atoms with Crippen molar-refractivity contribution in [1.82, 2.24) is 10.1 Å². The second-order valence-electron chi connectivity index (χ2n) is 4.42. The highest BCUT2D eigenvalue weighted by Crippen LogP contribution is 2.30. The number of aromatic nitrogens is 2. The summed E-state index contributed by atoms with van der Waals surface area (Å²) in [5.41, 5.74) is 6.52. The Hall–Kier alpha value is -0.910. The lowest BCUT2D eigenvalue weighted by Gasteiger charge is -2.21. The molecule has 102 valence electrons. The molecule has 6 heteroatoms. The molecule has 1 heterocycles. The Bertz CT molecular complexity index is 581. The summed E-state index contributed by atoms with van der Waals surface area (Å²) in [5.74, 6) is 0.989. The number of rotatable bonds is 4. The lowest BCUT2D eigenvalue weighted by atomic mass is 9.93. The smallest absolute Gasteiger partial charge is 0.258 e. The number of hydrogen-bond acceptors (Lipinski definition) is 4. The van der Waals surface area contributed by atoms with Crippen molar-refractivity contribution >= 4 is 27.5 Å². The van der Waals surface area contributed by atoms with Gasteiger partial charge in [-0.2, -0.15) is 4.98 Å². The molecule has 0 aliphatic carbocycles. The molecule has 0 spiro atoms. The minimum absolute atomic E-state index is 0.448. The van der Waals surface area contributed by atoms with E-state index in [1.54, 1.807) is 6.07 Å². The maximum absolute atomic E-state index is 6.25. The molecule has 0 aliphatic heterocycles. The van der Waals surface area contributed by atoms with Crippen molar-refractivity contribution in [3.63, 3.8) is 0 Å². The molecule has 4 nitrogen and oxygen atoms in total. The predicted octanol–water partition coefficient (Wildman–Crippen LogP) is 4.13. The van der Waals surface area contributed by atoms with E-state index in [-0.39, 0.29) is 0 Å². The molecule has 0 atom stereocenters. The monoisotopic (exact) mass is 343 g/mol. The van der Waals surface area contributed by atoms with Gasteiger partial charge in [-0.05, 0) is 47.0 Å². The normalized spacial score (nSPS) is 11.8. The summed E-state index contributed by atoms with van der Waals surface area (Å²) in [5, 5.41) is 4.64. The van der Waals surface area contributed by atoms with Gasteiger partial charge in [0.15, 0.2) is 5.82 Å². The van der Waals surface area contributed by atoms with Gasteiger partial charge in [0.05, 0.1) is 10.6 Å². The number of halogens is 2. The largest absolute Gasteiger partial charge is 0.334 e. The van der Waals surface area contributed by atoms with Crippen LogP contribution in [0.4, 0.5) is 0 Å². The lowest BCUT2D eigenvalue weighted by molar-refractivity contribution is 0.350. The number of nitrogens with zero attached hydrogens (tertiary/aromatic N) is 2. The third-order valence-electron chi connectivity index (χ3n) is 3.30. The Labute approximate surface area is 125 Å². The van der Waals surface area contributed by atoms with Crippen molar-refractivity contribution in [3.05, 3.63) is 33.5 Å². The minimum Gasteiger partial charge on any atom is -0.334 e. The molecule has 0 aliphatic rings. The standard InChI is InChI=1S/C13H15BrClN3O/c1-3-13(16,4-2)12-17-11(19-18-12)8-5-6-10(15)9(14)7-8/h5-7H,3-4,16H2,1-2H3. The van der Waals surface area contributed by atoms with E-state index >= 15 is 0 Å². The summed E-state index contributed by atoms with van der Waals surface area (Å²) in [6, 6.07) is 5.45. The average Bonchev–Trinajstić information content (AvgIpc) is 2.91. The van der Waals surface area contributed by atoms with Gasteiger partial charge < -0.3 is 10.3 Å². The molecule has 0 bridgehead atoms. The zero-order valence-electron chi connectivity index (χ0n) is 10.8. The van der Waals surface area contributed by atoms with Crippen molar-refractivity contribution in [2.24, 2.45) is 5.73 Å². The second-order valence-corrected chi connectivity index (χ2v) is 5.68. The van der Waals surface area contributed by atoms with Crippen molar-refractivity contribution in [2.75, 3.05) is 0 Å². The fourth-order valence-electron chi connectivity index (χ4n) is 1.74. The minimum atomic E-state index is -0.536. The van der Waals surface area contributed by atoms with Crippen LogP contribution < -0.4 is 5.73 Å². The molecule has 0 amide bonds. The Balaban J connectivity index is 2.38. The summed E-state index contributed by atoms with van der Waals surface area (Å²) < 4.78 is 6.08. The van der Waals surface area contributed by atoms with E-state index in [1.807, 2.05) is 26.0 Å². The van der Waals surface area contributed by atoms with Crippen LogP contribution in [0.2, 0.25) is 5.02 Å². The first-order chi connectivity index (χ1) is 9.00. The second kappa shape index (κ2) is 5.61. The number of nitrogens with two attached hydrogens (primary N) is 1. The molecule has 0 saturated heterocycles. The Kier molecular flexibility index (Phi) is 4.28. The van der Waals surface area contributed by atoms with Gasteiger partial charge in [-0.15, -0.1) is 0 Å². The summed E-state index contributed by atoms with van der Waals surface area (Å²) in [6.07, 6.45) is 1.51. The SMILES string of the molecule is CCC(N)(CC)c1noc(-c2ccc(Cl)c(Br)c2)n1. The highest BCUT2D eigenvalue weighted by molar-refractivity contribution is 9.10. The van der Waals surface area contributed by atoms with E-state index in [9.17, 15) is 0 Å². The highest BCUT2D eigenvalue weighted by atomic mass is 79.9. The van der Waals surface area contributed by atoms with Gasteiger partial charge in [-0.25, -0.2) is 0 Å². The van der Waals surface area contributed by atoms with Gasteiger partial charge in [0, 0.05) is 10.0 Å². The first-order valence-electron chi connectivity index (χ1n) is 6.08. The molecule has 0 fully saturated rings. The highest BCUT2D eigenvalue weighted by Gasteiger charge is 2.29. The van der Waals surface area contributed by atoms with Gasteiger partial charge >= 0.3 is 0 Å². The van der Waals surface area contributed by atoms with Crippen molar-refractivity contribution in [3.8, 4) is 11.5 Å². The summed E-state index contributed by atoms with van der Waals surface area (Å²) in [6.45, 7) is 4.02.